The number of hydrogen-bond donors (Lipinski definition) is 1. The maximum Gasteiger partial charge on any atom is 0.262 e. The number of benzene rings is 3. The van der Waals surface area contributed by atoms with Gasteiger partial charge in [-0.3, -0.25) is 39.1 Å². The molecule has 5 amide bonds. The lowest BCUT2D eigenvalue weighted by atomic mass is 9.98. The van der Waals surface area contributed by atoms with E-state index in [-0.39, 0.29) is 42.8 Å². The number of nitrogens with one attached hydrogen (secondary N) is 1. The van der Waals surface area contributed by atoms with Gasteiger partial charge >= 0.3 is 0 Å². The molecule has 0 spiro atoms. The van der Waals surface area contributed by atoms with Crippen molar-refractivity contribution in [2.75, 3.05) is 18.0 Å². The van der Waals surface area contributed by atoms with Crippen molar-refractivity contribution < 1.29 is 28.7 Å². The van der Waals surface area contributed by atoms with Crippen LogP contribution < -0.4 is 15.0 Å². The van der Waals surface area contributed by atoms with Crippen LogP contribution in [0, 0.1) is 6.57 Å². The lowest BCUT2D eigenvalue weighted by Crippen LogP contribution is -2.54. The van der Waals surface area contributed by atoms with Gasteiger partial charge in [0.05, 0.1) is 22.7 Å². The number of hydrogen-bond acceptors (Lipinski definition) is 8. The molecule has 4 fully saturated rings. The number of carbonyl (C=O) groups excluding carboxylic acids is 5. The summed E-state index contributed by atoms with van der Waals surface area (Å²) in [5.41, 5.74) is 4.93. The van der Waals surface area contributed by atoms with E-state index < -0.39 is 23.8 Å². The van der Waals surface area contributed by atoms with Gasteiger partial charge in [-0.15, -0.1) is 0 Å². The number of rotatable bonds is 6. The summed E-state index contributed by atoms with van der Waals surface area (Å²) in [7, 11) is 0. The molecule has 4 saturated heterocycles. The molecule has 12 nitrogen and oxygen atoms in total. The first kappa shape index (κ1) is 34.5. The third-order valence-electron chi connectivity index (χ3n) is 12.2. The second-order valence-corrected chi connectivity index (χ2v) is 15.7. The first-order chi connectivity index (χ1) is 26.1. The molecule has 6 heterocycles. The Morgan fingerprint density at radius 2 is 1.46 bits per heavy atom. The molecular formula is C41H39ClN6O6. The van der Waals surface area contributed by atoms with E-state index in [4.69, 9.17) is 22.9 Å². The number of carbonyl (C=O) groups is 5. The van der Waals surface area contributed by atoms with Gasteiger partial charge in [-0.05, 0) is 91.8 Å². The average Bonchev–Trinajstić information content (AvgIpc) is 3.79. The molecule has 0 radical (unpaired) electrons. The molecule has 3 aromatic carbocycles. The maximum absolute atomic E-state index is 13.8. The van der Waals surface area contributed by atoms with Crippen LogP contribution in [0.3, 0.4) is 0 Å². The highest BCUT2D eigenvalue weighted by atomic mass is 35.5. The Morgan fingerprint density at radius 3 is 2.06 bits per heavy atom. The minimum atomic E-state index is -0.966. The Morgan fingerprint density at radius 1 is 0.815 bits per heavy atom. The van der Waals surface area contributed by atoms with Gasteiger partial charge in [0.1, 0.15) is 17.9 Å². The van der Waals surface area contributed by atoms with E-state index >= 15 is 0 Å². The molecule has 6 aliphatic rings. The molecule has 9 rings (SSSR count). The Kier molecular flexibility index (Phi) is 8.66. The molecule has 1 N–H and O–H groups in total. The van der Waals surface area contributed by atoms with Crippen molar-refractivity contribution in [2.45, 2.75) is 94.7 Å². The molecule has 2 bridgehead atoms. The third kappa shape index (κ3) is 6.00. The molecule has 3 aromatic rings. The van der Waals surface area contributed by atoms with E-state index in [1.54, 1.807) is 18.2 Å². The zero-order valence-corrected chi connectivity index (χ0v) is 30.4. The van der Waals surface area contributed by atoms with Crippen LogP contribution in [-0.2, 0) is 22.7 Å². The number of fused-ring (bicyclic) bond motifs is 4. The highest BCUT2D eigenvalue weighted by molar-refractivity contribution is 6.33. The van der Waals surface area contributed by atoms with Crippen molar-refractivity contribution in [3.8, 4) is 5.75 Å². The van der Waals surface area contributed by atoms with Crippen LogP contribution in [0.1, 0.15) is 93.6 Å². The van der Waals surface area contributed by atoms with E-state index in [1.807, 2.05) is 24.3 Å². The van der Waals surface area contributed by atoms with Crippen molar-refractivity contribution in [1.82, 2.24) is 20.0 Å². The molecule has 54 heavy (non-hydrogen) atoms. The van der Waals surface area contributed by atoms with Crippen LogP contribution in [-0.4, -0.2) is 87.6 Å². The van der Waals surface area contributed by atoms with Crippen molar-refractivity contribution in [2.24, 2.45) is 0 Å². The highest BCUT2D eigenvalue weighted by Gasteiger charge is 2.46. The van der Waals surface area contributed by atoms with Gasteiger partial charge in [0.2, 0.25) is 17.5 Å². The second-order valence-electron chi connectivity index (χ2n) is 15.3. The largest absolute Gasteiger partial charge is 0.490 e. The standard InChI is InChI=1S/C41H39ClN6O6/c1-43-35-9-8-30(20-34(35)42)54-31-18-28-6-7-29(19-31)47(28)39(51)23-2-4-26(5-3-23)45-14-12-27(13-15-45)46-21-24-16-32-33(17-25(24)22-46)41(53)48(40(32)52)36-10-11-37(49)44-38(36)50/h2-5,8-9,16-17,20,27-29,31,36H,6-7,10-15,18-19,21-22H2,(H,44,49,50). The maximum atomic E-state index is 13.8. The molecule has 13 heteroatoms. The van der Waals surface area contributed by atoms with Gasteiger partial charge in [-0.25, -0.2) is 4.85 Å². The van der Waals surface area contributed by atoms with E-state index in [0.717, 1.165) is 73.3 Å². The number of ether oxygens (including phenoxy) is 1. The summed E-state index contributed by atoms with van der Waals surface area (Å²) in [6.07, 6.45) is 5.61. The van der Waals surface area contributed by atoms with Gasteiger partial charge in [0, 0.05) is 74.8 Å². The summed E-state index contributed by atoms with van der Waals surface area (Å²) < 4.78 is 6.26. The van der Waals surface area contributed by atoms with Gasteiger partial charge < -0.3 is 14.5 Å². The predicted molar refractivity (Wildman–Crippen MR) is 198 cm³/mol. The number of amides is 5. The fourth-order valence-corrected chi connectivity index (χ4v) is 9.72. The number of anilines is 1. The van der Waals surface area contributed by atoms with E-state index in [9.17, 15) is 24.0 Å². The molecular weight excluding hydrogens is 708 g/mol. The van der Waals surface area contributed by atoms with E-state index in [1.165, 1.54) is 0 Å². The normalized spacial score (nSPS) is 25.4. The highest BCUT2D eigenvalue weighted by Crippen LogP contribution is 2.40. The Hall–Kier alpha value is -5.25. The number of halogens is 1. The van der Waals surface area contributed by atoms with Crippen LogP contribution >= 0.6 is 11.6 Å². The Balaban J connectivity index is 0.784. The first-order valence-corrected chi connectivity index (χ1v) is 19.2. The van der Waals surface area contributed by atoms with Crippen molar-refractivity contribution in [1.29, 1.82) is 0 Å². The van der Waals surface area contributed by atoms with E-state index in [0.29, 0.717) is 52.3 Å². The summed E-state index contributed by atoms with van der Waals surface area (Å²) in [6.45, 7) is 10.4. The molecule has 0 saturated carbocycles. The van der Waals surface area contributed by atoms with Crippen LogP contribution in [0.4, 0.5) is 11.4 Å². The molecule has 6 aliphatic heterocycles. The SMILES string of the molecule is [C-]#[N+]c1ccc(OC2CC3CCC(C2)N3C(=O)c2ccc(N3CCC(N4Cc5cc6c(cc5C4)C(=O)N(C4CCC(=O)NC4=O)C6=O)CC3)cc2)cc1Cl. The lowest BCUT2D eigenvalue weighted by Gasteiger charge is -2.39. The number of imide groups is 2. The Labute approximate surface area is 317 Å². The molecule has 0 aliphatic carbocycles. The van der Waals surface area contributed by atoms with Crippen LogP contribution in [0.5, 0.6) is 5.75 Å². The number of piperidine rings is 3. The smallest absolute Gasteiger partial charge is 0.262 e. The summed E-state index contributed by atoms with van der Waals surface area (Å²) in [5.74, 6) is -1.21. The third-order valence-corrected chi connectivity index (χ3v) is 12.5. The van der Waals surface area contributed by atoms with Crippen molar-refractivity contribution in [3.63, 3.8) is 0 Å². The zero-order valence-electron chi connectivity index (χ0n) is 29.6. The zero-order chi connectivity index (χ0) is 37.2. The lowest BCUT2D eigenvalue weighted by molar-refractivity contribution is -0.136. The quantitative estimate of drug-likeness (QED) is 0.260. The first-order valence-electron chi connectivity index (χ1n) is 18.8. The van der Waals surface area contributed by atoms with E-state index in [2.05, 4.69) is 37.0 Å². The topological polar surface area (TPSA) is 124 Å². The predicted octanol–water partition coefficient (Wildman–Crippen LogP) is 5.49. The van der Waals surface area contributed by atoms with Crippen LogP contribution in [0.2, 0.25) is 5.02 Å². The molecule has 276 valence electrons. The van der Waals surface area contributed by atoms with Crippen molar-refractivity contribution in [3.05, 3.63) is 98.9 Å². The monoisotopic (exact) mass is 746 g/mol. The second kappa shape index (κ2) is 13.6. The fourth-order valence-electron chi connectivity index (χ4n) is 9.50. The van der Waals surface area contributed by atoms with Crippen LogP contribution in [0.15, 0.2) is 54.6 Å². The summed E-state index contributed by atoms with van der Waals surface area (Å²) >= 11 is 6.22. The fraction of sp³-hybridized carbons (Fsp3) is 0.415. The van der Waals surface area contributed by atoms with Gasteiger partial charge in [-0.1, -0.05) is 17.7 Å². The molecule has 0 aromatic heterocycles. The summed E-state index contributed by atoms with van der Waals surface area (Å²) in [5, 5.41) is 2.63. The number of nitrogens with zero attached hydrogens (tertiary/aromatic N) is 5. The minimum Gasteiger partial charge on any atom is -0.490 e. The molecule has 3 atom stereocenters. The van der Waals surface area contributed by atoms with Gasteiger partial charge in [0.15, 0.2) is 0 Å². The van der Waals surface area contributed by atoms with Crippen molar-refractivity contribution >= 4 is 52.5 Å². The summed E-state index contributed by atoms with van der Waals surface area (Å²) in [4.78, 5) is 75.8. The average molecular weight is 747 g/mol. The summed E-state index contributed by atoms with van der Waals surface area (Å²) in [6, 6.07) is 16.5. The molecule has 3 unspecified atom stereocenters. The Bertz CT molecular complexity index is 2080. The van der Waals surface area contributed by atoms with Crippen LogP contribution in [0.25, 0.3) is 4.85 Å². The van der Waals surface area contributed by atoms with Gasteiger partial charge in [0.25, 0.3) is 17.7 Å². The minimum absolute atomic E-state index is 0.00607. The van der Waals surface area contributed by atoms with Gasteiger partial charge in [-0.2, -0.15) is 0 Å².